The lowest BCUT2D eigenvalue weighted by molar-refractivity contribution is 0.333. The molecule has 66 valence electrons. The minimum absolute atomic E-state index is 0.277. The Balaban J connectivity index is 2.41. The molecule has 0 saturated carbocycles. The fourth-order valence-corrected chi connectivity index (χ4v) is 0.812. The van der Waals surface area contributed by atoms with E-state index in [4.69, 9.17) is 4.74 Å². The molecule has 0 aliphatic carbocycles. The number of benzene rings is 1. The fraction of sp³-hybridized carbons (Fsp3) is 0.333. The summed E-state index contributed by atoms with van der Waals surface area (Å²) in [5.41, 5.74) is 0. The highest BCUT2D eigenvalue weighted by molar-refractivity contribution is 5.22. The maximum absolute atomic E-state index is 12.6. The van der Waals surface area contributed by atoms with Gasteiger partial charge >= 0.3 is 0 Å². The van der Waals surface area contributed by atoms with E-state index in [9.17, 15) is 4.39 Å². The second kappa shape index (κ2) is 4.72. The van der Waals surface area contributed by atoms with Gasteiger partial charge in [0.25, 0.3) is 0 Å². The molecule has 0 unspecified atom stereocenters. The van der Waals surface area contributed by atoms with E-state index in [1.165, 1.54) is 12.1 Å². The molecule has 0 N–H and O–H groups in total. The molecule has 1 aromatic carbocycles. The van der Waals surface area contributed by atoms with E-state index in [1.54, 1.807) is 19.2 Å². The topological polar surface area (TPSA) is 23.3 Å². The Bertz CT molecular complexity index is 240. The van der Waals surface area contributed by atoms with Crippen LogP contribution in [0.25, 0.3) is 5.32 Å². The van der Waals surface area contributed by atoms with E-state index in [-0.39, 0.29) is 5.82 Å². The van der Waals surface area contributed by atoms with Gasteiger partial charge in [0.2, 0.25) is 0 Å². The third-order valence-corrected chi connectivity index (χ3v) is 1.38. The number of rotatable bonds is 4. The van der Waals surface area contributed by atoms with Gasteiger partial charge in [0.15, 0.2) is 0 Å². The molecule has 0 aliphatic heterocycles. The number of ether oxygens (including phenoxy) is 1. The van der Waals surface area contributed by atoms with Crippen LogP contribution in [-0.4, -0.2) is 20.2 Å². The molecule has 0 aliphatic rings. The van der Waals surface area contributed by atoms with Gasteiger partial charge in [0.1, 0.15) is 11.6 Å². The van der Waals surface area contributed by atoms with E-state index < -0.39 is 0 Å². The predicted molar refractivity (Wildman–Crippen MR) is 46.0 cm³/mol. The first-order chi connectivity index (χ1) is 5.83. The summed E-state index contributed by atoms with van der Waals surface area (Å²) in [6.45, 7) is 1.14. The molecule has 1 rings (SSSR count). The van der Waals surface area contributed by atoms with Crippen LogP contribution < -0.4 is 4.74 Å². The fourth-order valence-electron chi connectivity index (χ4n) is 0.812. The average molecular weight is 168 g/mol. The van der Waals surface area contributed by atoms with Gasteiger partial charge in [-0.2, -0.15) is 7.05 Å². The third kappa shape index (κ3) is 2.88. The first-order valence-corrected chi connectivity index (χ1v) is 3.77. The van der Waals surface area contributed by atoms with Gasteiger partial charge in [-0.3, -0.25) is 0 Å². The quantitative estimate of drug-likeness (QED) is 0.632. The van der Waals surface area contributed by atoms with Crippen molar-refractivity contribution in [3.63, 3.8) is 0 Å². The van der Waals surface area contributed by atoms with E-state index >= 15 is 0 Å². The molecule has 2 nitrogen and oxygen atoms in total. The van der Waals surface area contributed by atoms with Gasteiger partial charge in [-0.15, -0.1) is 6.54 Å². The van der Waals surface area contributed by atoms with Crippen LogP contribution in [-0.2, 0) is 0 Å². The molecule has 1 aromatic rings. The summed E-state index contributed by atoms with van der Waals surface area (Å²) in [5.74, 6) is 0.277. The van der Waals surface area contributed by atoms with Crippen molar-refractivity contribution in [3.8, 4) is 5.75 Å². The van der Waals surface area contributed by atoms with E-state index in [0.29, 0.717) is 18.9 Å². The summed E-state index contributed by atoms with van der Waals surface area (Å²) in [5, 5.41) is 3.85. The number of hydrogen-bond acceptors (Lipinski definition) is 1. The first-order valence-electron chi connectivity index (χ1n) is 3.77. The van der Waals surface area contributed by atoms with Crippen molar-refractivity contribution in [1.29, 1.82) is 0 Å². The molecule has 0 fully saturated rings. The lowest BCUT2D eigenvalue weighted by Gasteiger charge is -2.11. The minimum Gasteiger partial charge on any atom is -0.662 e. The lowest BCUT2D eigenvalue weighted by atomic mass is 10.3. The van der Waals surface area contributed by atoms with Crippen LogP contribution in [0.3, 0.4) is 0 Å². The van der Waals surface area contributed by atoms with Gasteiger partial charge in [-0.1, -0.05) is 6.07 Å². The van der Waals surface area contributed by atoms with Crippen LogP contribution in [0.5, 0.6) is 5.75 Å². The summed E-state index contributed by atoms with van der Waals surface area (Å²) in [6.07, 6.45) is 0. The molecule has 0 bridgehead atoms. The van der Waals surface area contributed by atoms with Crippen LogP contribution in [0.1, 0.15) is 0 Å². The standard InChI is InChI=1S/C9H11FNO/c1-11-5-6-12-9-4-2-3-8(10)7-9/h2-4,7H,5-6H2,1H3/q-1. The number of halogens is 1. The minimum atomic E-state index is -0.277. The van der Waals surface area contributed by atoms with Crippen LogP contribution >= 0.6 is 0 Å². The number of likely N-dealkylation sites (N-methyl/N-ethyl adjacent to an activating group) is 1. The maximum atomic E-state index is 12.6. The molecule has 0 saturated heterocycles. The molecule has 0 radical (unpaired) electrons. The Morgan fingerprint density at radius 1 is 1.50 bits per heavy atom. The molecule has 0 aromatic heterocycles. The second-order valence-corrected chi connectivity index (χ2v) is 2.35. The molecule has 3 heteroatoms. The Hall–Kier alpha value is -1.09. The lowest BCUT2D eigenvalue weighted by Crippen LogP contribution is -2.01. The smallest absolute Gasteiger partial charge is 0.126 e. The van der Waals surface area contributed by atoms with Gasteiger partial charge in [0, 0.05) is 6.07 Å². The van der Waals surface area contributed by atoms with E-state index in [2.05, 4.69) is 5.32 Å². The zero-order valence-electron chi connectivity index (χ0n) is 6.96. The van der Waals surface area contributed by atoms with Gasteiger partial charge in [-0.25, -0.2) is 4.39 Å². The number of nitrogens with zero attached hydrogens (tertiary/aromatic N) is 1. The van der Waals surface area contributed by atoms with Crippen molar-refractivity contribution in [2.24, 2.45) is 0 Å². The molecule has 0 atom stereocenters. The summed E-state index contributed by atoms with van der Waals surface area (Å²) >= 11 is 0. The van der Waals surface area contributed by atoms with Crippen molar-refractivity contribution >= 4 is 0 Å². The predicted octanol–water partition coefficient (Wildman–Crippen LogP) is 2.21. The highest BCUT2D eigenvalue weighted by Gasteiger charge is 1.92. The first kappa shape index (κ1) is 9.00. The average Bonchev–Trinajstić information content (AvgIpc) is 2.05. The molecule has 12 heavy (non-hydrogen) atoms. The molecular formula is C9H11FNO-. The van der Waals surface area contributed by atoms with E-state index in [1.807, 2.05) is 0 Å². The van der Waals surface area contributed by atoms with Gasteiger partial charge < -0.3 is 10.1 Å². The monoisotopic (exact) mass is 168 g/mol. The Labute approximate surface area is 71.4 Å². The molecule has 0 spiro atoms. The summed E-state index contributed by atoms with van der Waals surface area (Å²) in [4.78, 5) is 0. The van der Waals surface area contributed by atoms with Crippen molar-refractivity contribution in [3.05, 3.63) is 35.4 Å². The Kier molecular flexibility index (Phi) is 3.54. The van der Waals surface area contributed by atoms with Crippen molar-refractivity contribution in [2.45, 2.75) is 0 Å². The van der Waals surface area contributed by atoms with Crippen LogP contribution in [0.15, 0.2) is 24.3 Å². The molecule has 0 amide bonds. The Morgan fingerprint density at radius 3 is 3.00 bits per heavy atom. The third-order valence-electron chi connectivity index (χ3n) is 1.38. The normalized spacial score (nSPS) is 9.83. The van der Waals surface area contributed by atoms with Crippen molar-refractivity contribution in [2.75, 3.05) is 20.2 Å². The van der Waals surface area contributed by atoms with Crippen molar-refractivity contribution < 1.29 is 9.13 Å². The number of hydrogen-bond donors (Lipinski definition) is 0. The van der Waals surface area contributed by atoms with Crippen LogP contribution in [0.2, 0.25) is 0 Å². The van der Waals surface area contributed by atoms with Crippen molar-refractivity contribution in [1.82, 2.24) is 0 Å². The van der Waals surface area contributed by atoms with Gasteiger partial charge in [-0.05, 0) is 12.1 Å². The van der Waals surface area contributed by atoms with Crippen LogP contribution in [0.4, 0.5) is 4.39 Å². The molecule has 0 heterocycles. The summed E-state index contributed by atoms with van der Waals surface area (Å²) < 4.78 is 17.8. The zero-order valence-corrected chi connectivity index (χ0v) is 6.96. The summed E-state index contributed by atoms with van der Waals surface area (Å²) in [7, 11) is 1.72. The highest BCUT2D eigenvalue weighted by Crippen LogP contribution is 2.11. The second-order valence-electron chi connectivity index (χ2n) is 2.35. The van der Waals surface area contributed by atoms with Crippen LogP contribution in [0, 0.1) is 5.82 Å². The largest absolute Gasteiger partial charge is 0.662 e. The SMILES string of the molecule is C[N-]CCOc1cccc(F)c1. The van der Waals surface area contributed by atoms with E-state index in [0.717, 1.165) is 0 Å². The zero-order chi connectivity index (χ0) is 8.81. The van der Waals surface area contributed by atoms with Gasteiger partial charge in [0.05, 0.1) is 6.61 Å². The maximum Gasteiger partial charge on any atom is 0.126 e. The highest BCUT2D eigenvalue weighted by atomic mass is 19.1. The summed E-state index contributed by atoms with van der Waals surface area (Å²) in [6, 6.07) is 6.08. The Morgan fingerprint density at radius 2 is 2.33 bits per heavy atom. The molecular weight excluding hydrogens is 157 g/mol.